The van der Waals surface area contributed by atoms with Gasteiger partial charge in [0.25, 0.3) is 0 Å². The quantitative estimate of drug-likeness (QED) is 0.0497. The SMILES string of the molecule is FC(F)(F)CN1CCN(c2ccc3nc(-c4n[nH]c5ccc(Oc6ccccc6)cc45)[nH]c3c2)CC1.Nc1ccc(N2CCN(CC(F)(F)F)CC2)cc1N.O=Cc1[nH]nc2ccc(Oc3ccccc3)cc12. The van der Waals surface area contributed by atoms with Crippen molar-refractivity contribution < 1.29 is 40.6 Å². The fourth-order valence-corrected chi connectivity index (χ4v) is 8.55. The molecular weight excluding hydrogens is 955 g/mol. The van der Waals surface area contributed by atoms with Crippen LogP contribution in [0.15, 0.2) is 133 Å². The Labute approximate surface area is 414 Å². The number of nitrogens with zero attached hydrogens (tertiary/aromatic N) is 7. The zero-order valence-corrected chi connectivity index (χ0v) is 39.1. The molecule has 73 heavy (non-hydrogen) atoms. The van der Waals surface area contributed by atoms with Crippen molar-refractivity contribution >= 4 is 61.9 Å². The molecule has 0 saturated carbocycles. The number of carbonyl (C=O) groups is 1. The maximum absolute atomic E-state index is 12.7. The van der Waals surface area contributed by atoms with Crippen molar-refractivity contribution in [2.75, 3.05) is 86.7 Å². The van der Waals surface area contributed by atoms with Crippen molar-refractivity contribution in [3.63, 3.8) is 0 Å². The number of nitrogens with two attached hydrogens (primary N) is 2. The molecule has 15 nitrogen and oxygen atoms in total. The number of aromatic nitrogens is 6. The number of rotatable bonds is 10. The monoisotopic (exact) mass is 1000 g/mol. The van der Waals surface area contributed by atoms with E-state index in [1.807, 2.05) is 120 Å². The van der Waals surface area contributed by atoms with Crippen molar-refractivity contribution in [1.29, 1.82) is 0 Å². The Morgan fingerprint density at radius 1 is 0.534 bits per heavy atom. The normalized spacial score (nSPS) is 14.7. The largest absolute Gasteiger partial charge is 0.457 e. The summed E-state index contributed by atoms with van der Waals surface area (Å²) in [4.78, 5) is 25.9. The minimum Gasteiger partial charge on any atom is -0.457 e. The van der Waals surface area contributed by atoms with Crippen LogP contribution in [-0.2, 0) is 0 Å². The molecule has 0 bridgehead atoms. The summed E-state index contributed by atoms with van der Waals surface area (Å²) in [6.07, 6.45) is -7.55. The number of aromatic amines is 3. The van der Waals surface area contributed by atoms with Gasteiger partial charge in [0.05, 0.1) is 46.5 Å². The number of carbonyl (C=O) groups excluding carboxylic acids is 1. The van der Waals surface area contributed by atoms with Crippen LogP contribution in [0.25, 0.3) is 44.4 Å². The first-order valence-corrected chi connectivity index (χ1v) is 23.2. The van der Waals surface area contributed by atoms with Gasteiger partial charge in [0.15, 0.2) is 12.1 Å². The number of imidazole rings is 1. The fraction of sp³-hybridized carbons (Fsp3) is 0.231. The lowest BCUT2D eigenvalue weighted by Gasteiger charge is -2.36. The molecule has 6 aromatic carbocycles. The molecule has 2 aliphatic heterocycles. The molecule has 2 fully saturated rings. The first-order chi connectivity index (χ1) is 35.1. The number of hydrogen-bond acceptors (Lipinski definition) is 12. The Morgan fingerprint density at radius 2 is 1.07 bits per heavy atom. The molecule has 0 unspecified atom stereocenters. The third kappa shape index (κ3) is 12.8. The minimum absolute atomic E-state index is 0.373. The van der Waals surface area contributed by atoms with E-state index in [9.17, 15) is 31.1 Å². The number of piperazine rings is 2. The minimum atomic E-state index is -4.17. The molecule has 0 spiro atoms. The van der Waals surface area contributed by atoms with Crippen LogP contribution >= 0.6 is 0 Å². The lowest BCUT2D eigenvalue weighted by molar-refractivity contribution is -0.147. The van der Waals surface area contributed by atoms with Gasteiger partial charge in [-0.25, -0.2) is 4.98 Å². The first kappa shape index (κ1) is 49.7. The summed E-state index contributed by atoms with van der Waals surface area (Å²) in [5.74, 6) is 3.50. The maximum Gasteiger partial charge on any atom is 0.401 e. The van der Waals surface area contributed by atoms with E-state index in [-0.39, 0.29) is 0 Å². The molecule has 11 rings (SSSR count). The highest BCUT2D eigenvalue weighted by Crippen LogP contribution is 2.33. The number of halogens is 6. The molecule has 2 aliphatic rings. The molecule has 3 aromatic heterocycles. The molecule has 0 radical (unpaired) electrons. The number of fused-ring (bicyclic) bond motifs is 3. The van der Waals surface area contributed by atoms with Gasteiger partial charge in [-0.15, -0.1) is 0 Å². The van der Waals surface area contributed by atoms with Gasteiger partial charge in [0.1, 0.15) is 34.4 Å². The van der Waals surface area contributed by atoms with Crippen molar-refractivity contribution in [2.24, 2.45) is 0 Å². The number of nitrogen functional groups attached to an aromatic ring is 2. The lowest BCUT2D eigenvalue weighted by Crippen LogP contribution is -2.49. The van der Waals surface area contributed by atoms with Gasteiger partial charge in [0.2, 0.25) is 0 Å². The Morgan fingerprint density at radius 3 is 1.63 bits per heavy atom. The number of ether oxygens (including phenoxy) is 2. The molecule has 5 heterocycles. The summed E-state index contributed by atoms with van der Waals surface area (Å²) in [6, 6.07) is 41.4. The van der Waals surface area contributed by atoms with Gasteiger partial charge >= 0.3 is 12.4 Å². The van der Waals surface area contributed by atoms with Gasteiger partial charge in [-0.3, -0.25) is 24.8 Å². The van der Waals surface area contributed by atoms with E-state index < -0.39 is 25.4 Å². The highest BCUT2D eigenvalue weighted by molar-refractivity contribution is 5.96. The summed E-state index contributed by atoms with van der Waals surface area (Å²) >= 11 is 0. The average Bonchev–Trinajstić information content (AvgIpc) is 4.12. The van der Waals surface area contributed by atoms with Crippen molar-refractivity contribution in [3.8, 4) is 34.5 Å². The summed E-state index contributed by atoms with van der Waals surface area (Å²) < 4.78 is 86.6. The molecule has 2 saturated heterocycles. The summed E-state index contributed by atoms with van der Waals surface area (Å²) in [7, 11) is 0. The Balaban J connectivity index is 0.000000149. The van der Waals surface area contributed by atoms with Crippen molar-refractivity contribution in [3.05, 3.63) is 139 Å². The molecule has 7 N–H and O–H groups in total. The standard InChI is InChI=1S/C26H23F3N6O.C14H10N2O2.C12H17F3N4/c27-26(28,29)16-34-10-12-35(13-11-34)17-6-8-22-23(14-17)31-25(30-22)24-20-15-19(7-9-21(20)32-33-24)36-18-4-2-1-3-5-18;17-9-14-12-8-11(6-7-13(12)15-16-14)18-10-4-2-1-3-5-10;13-12(14,15)8-18-3-5-19(6-4-18)9-1-2-10(16)11(17)7-9/h1-9,14-15H,10-13,16H2,(H,30,31)(H,32,33);1-9H,(H,15,16);1-2,7H,3-6,8,16-17H2. The second kappa shape index (κ2) is 21.6. The van der Waals surface area contributed by atoms with E-state index in [0.29, 0.717) is 92.4 Å². The predicted octanol–water partition coefficient (Wildman–Crippen LogP) is 10.3. The van der Waals surface area contributed by atoms with Gasteiger partial charge in [-0.2, -0.15) is 36.5 Å². The van der Waals surface area contributed by atoms with Crippen LogP contribution in [0.2, 0.25) is 0 Å². The highest BCUT2D eigenvalue weighted by atomic mass is 19.4. The molecule has 0 aliphatic carbocycles. The number of hydrogen-bond donors (Lipinski definition) is 5. The van der Waals surface area contributed by atoms with Crippen LogP contribution in [0.5, 0.6) is 23.0 Å². The lowest BCUT2D eigenvalue weighted by atomic mass is 10.2. The van der Waals surface area contributed by atoms with Crippen LogP contribution in [0.1, 0.15) is 10.5 Å². The number of benzene rings is 6. The number of nitrogens with one attached hydrogen (secondary N) is 3. The maximum atomic E-state index is 12.7. The number of para-hydroxylation sites is 2. The van der Waals surface area contributed by atoms with E-state index in [0.717, 1.165) is 62.0 Å². The van der Waals surface area contributed by atoms with E-state index >= 15 is 0 Å². The molecular formula is C52H50F6N12O3. The molecule has 0 atom stereocenters. The topological polar surface area (TPSA) is 187 Å². The Kier molecular flexibility index (Phi) is 14.7. The third-order valence-corrected chi connectivity index (χ3v) is 12.2. The number of alkyl halides is 6. The number of aldehydes is 1. The summed E-state index contributed by atoms with van der Waals surface area (Å²) in [6.45, 7) is 2.01. The molecule has 9 aromatic rings. The Bertz CT molecular complexity index is 3270. The third-order valence-electron chi connectivity index (χ3n) is 12.2. The van der Waals surface area contributed by atoms with Gasteiger partial charge in [-0.05, 0) is 97.1 Å². The second-order valence-electron chi connectivity index (χ2n) is 17.4. The van der Waals surface area contributed by atoms with Crippen LogP contribution in [0.4, 0.5) is 49.1 Å². The fourth-order valence-electron chi connectivity index (χ4n) is 8.55. The van der Waals surface area contributed by atoms with Crippen LogP contribution in [0, 0.1) is 0 Å². The van der Waals surface area contributed by atoms with E-state index in [4.69, 9.17) is 25.9 Å². The van der Waals surface area contributed by atoms with Crippen molar-refractivity contribution in [2.45, 2.75) is 12.4 Å². The Hall–Kier alpha value is -8.30. The van der Waals surface area contributed by atoms with E-state index in [1.54, 1.807) is 18.2 Å². The zero-order chi connectivity index (χ0) is 51.1. The first-order valence-electron chi connectivity index (χ1n) is 23.2. The predicted molar refractivity (Wildman–Crippen MR) is 270 cm³/mol. The van der Waals surface area contributed by atoms with Crippen LogP contribution in [0.3, 0.4) is 0 Å². The number of H-pyrrole nitrogens is 3. The van der Waals surface area contributed by atoms with Gasteiger partial charge < -0.3 is 35.7 Å². The summed E-state index contributed by atoms with van der Waals surface area (Å²) in [5.41, 5.74) is 18.6. The second-order valence-corrected chi connectivity index (χ2v) is 17.4. The summed E-state index contributed by atoms with van der Waals surface area (Å²) in [5, 5.41) is 15.9. The van der Waals surface area contributed by atoms with Crippen molar-refractivity contribution in [1.82, 2.24) is 40.2 Å². The average molecular weight is 1010 g/mol. The molecule has 21 heteroatoms. The van der Waals surface area contributed by atoms with Crippen LogP contribution < -0.4 is 30.7 Å². The molecule has 378 valence electrons. The zero-order valence-electron chi connectivity index (χ0n) is 39.1. The molecule has 0 amide bonds. The van der Waals surface area contributed by atoms with Gasteiger partial charge in [-0.1, -0.05) is 36.4 Å². The van der Waals surface area contributed by atoms with E-state index in [1.165, 1.54) is 9.80 Å². The van der Waals surface area contributed by atoms with Crippen LogP contribution in [-0.4, -0.2) is 124 Å². The van der Waals surface area contributed by atoms with Gasteiger partial charge in [0, 0.05) is 74.5 Å². The highest BCUT2D eigenvalue weighted by Gasteiger charge is 2.33. The number of anilines is 4. The van der Waals surface area contributed by atoms with E-state index in [2.05, 4.69) is 30.3 Å². The smallest absolute Gasteiger partial charge is 0.401 e.